The number of thioether (sulfide) groups is 2. The summed E-state index contributed by atoms with van der Waals surface area (Å²) in [6.45, 7) is 2.21. The number of rotatable bonds is 3. The van der Waals surface area contributed by atoms with Crippen molar-refractivity contribution in [3.8, 4) is 0 Å². The first-order valence-electron chi connectivity index (χ1n) is 5.07. The van der Waals surface area contributed by atoms with Gasteiger partial charge in [-0.1, -0.05) is 6.92 Å². The number of aromatic nitrogens is 1. The Morgan fingerprint density at radius 1 is 1.53 bits per heavy atom. The van der Waals surface area contributed by atoms with Crippen LogP contribution in [0.5, 0.6) is 0 Å². The molecule has 0 bridgehead atoms. The minimum Gasteiger partial charge on any atom is -0.391 e. The fourth-order valence-corrected chi connectivity index (χ4v) is 5.23. The summed E-state index contributed by atoms with van der Waals surface area (Å²) in [6, 6.07) is 0. The SMILES string of the molecule is CC1SCCSC1C(O)Cc1nccs1. The second-order valence-electron chi connectivity index (χ2n) is 3.61. The van der Waals surface area contributed by atoms with Crippen molar-refractivity contribution in [2.24, 2.45) is 0 Å². The predicted octanol–water partition coefficient (Wildman–Crippen LogP) is 2.28. The van der Waals surface area contributed by atoms with Crippen molar-refractivity contribution in [1.82, 2.24) is 4.98 Å². The maximum Gasteiger partial charge on any atom is 0.0951 e. The van der Waals surface area contributed by atoms with Crippen LogP contribution in [0.3, 0.4) is 0 Å². The molecule has 3 atom stereocenters. The molecule has 0 aromatic carbocycles. The largest absolute Gasteiger partial charge is 0.391 e. The Labute approximate surface area is 103 Å². The highest BCUT2D eigenvalue weighted by Gasteiger charge is 2.29. The highest BCUT2D eigenvalue weighted by molar-refractivity contribution is 8.07. The third kappa shape index (κ3) is 3.12. The van der Waals surface area contributed by atoms with Gasteiger partial charge >= 0.3 is 0 Å². The summed E-state index contributed by atoms with van der Waals surface area (Å²) in [7, 11) is 0. The summed E-state index contributed by atoms with van der Waals surface area (Å²) in [5, 5.41) is 14.1. The predicted molar refractivity (Wildman–Crippen MR) is 70.0 cm³/mol. The first kappa shape index (κ1) is 11.8. The van der Waals surface area contributed by atoms with Gasteiger partial charge in [-0.3, -0.25) is 0 Å². The fourth-order valence-electron chi connectivity index (χ4n) is 1.72. The lowest BCUT2D eigenvalue weighted by atomic mass is 10.1. The minimum absolute atomic E-state index is 0.246. The van der Waals surface area contributed by atoms with Crippen LogP contribution in [0.2, 0.25) is 0 Å². The number of aliphatic hydroxyl groups excluding tert-OH is 1. The van der Waals surface area contributed by atoms with Gasteiger partial charge in [0.15, 0.2) is 0 Å². The monoisotopic (exact) mass is 261 g/mol. The van der Waals surface area contributed by atoms with Gasteiger partial charge in [-0.05, 0) is 0 Å². The molecule has 1 saturated heterocycles. The Bertz CT molecular complexity index is 291. The Morgan fingerprint density at radius 2 is 2.33 bits per heavy atom. The smallest absolute Gasteiger partial charge is 0.0951 e. The second kappa shape index (κ2) is 5.57. The maximum absolute atomic E-state index is 10.1. The van der Waals surface area contributed by atoms with E-state index in [0.29, 0.717) is 16.9 Å². The molecule has 0 radical (unpaired) electrons. The zero-order valence-corrected chi connectivity index (χ0v) is 11.1. The first-order chi connectivity index (χ1) is 7.27. The third-order valence-electron chi connectivity index (χ3n) is 2.48. The number of aliphatic hydroxyl groups is 1. The lowest BCUT2D eigenvalue weighted by Gasteiger charge is -2.31. The molecule has 2 nitrogen and oxygen atoms in total. The van der Waals surface area contributed by atoms with E-state index in [1.807, 2.05) is 28.9 Å². The molecule has 0 spiro atoms. The van der Waals surface area contributed by atoms with E-state index in [0.717, 1.165) is 10.8 Å². The van der Waals surface area contributed by atoms with Gasteiger partial charge in [0.1, 0.15) is 0 Å². The molecule has 0 saturated carbocycles. The van der Waals surface area contributed by atoms with Crippen molar-refractivity contribution in [2.75, 3.05) is 11.5 Å². The van der Waals surface area contributed by atoms with Crippen LogP contribution in [0, 0.1) is 0 Å². The van der Waals surface area contributed by atoms with Crippen LogP contribution in [0.25, 0.3) is 0 Å². The van der Waals surface area contributed by atoms with Gasteiger partial charge in [-0.15, -0.1) is 11.3 Å². The highest BCUT2D eigenvalue weighted by Crippen LogP contribution is 2.34. The molecule has 1 aromatic heterocycles. The molecule has 1 aliphatic heterocycles. The zero-order valence-electron chi connectivity index (χ0n) is 8.63. The zero-order chi connectivity index (χ0) is 10.7. The molecule has 1 N–H and O–H groups in total. The van der Waals surface area contributed by atoms with E-state index in [9.17, 15) is 5.11 Å². The molecule has 0 aliphatic carbocycles. The van der Waals surface area contributed by atoms with Gasteiger partial charge in [0, 0.05) is 40.0 Å². The summed E-state index contributed by atoms with van der Waals surface area (Å²) in [4.78, 5) is 4.22. The third-order valence-corrected chi connectivity index (χ3v) is 6.52. The van der Waals surface area contributed by atoms with Crippen LogP contribution < -0.4 is 0 Å². The van der Waals surface area contributed by atoms with Crippen molar-refractivity contribution in [1.29, 1.82) is 0 Å². The van der Waals surface area contributed by atoms with Crippen molar-refractivity contribution < 1.29 is 5.11 Å². The van der Waals surface area contributed by atoms with E-state index in [1.54, 1.807) is 17.5 Å². The lowest BCUT2D eigenvalue weighted by molar-refractivity contribution is 0.171. The average molecular weight is 261 g/mol. The molecule has 15 heavy (non-hydrogen) atoms. The van der Waals surface area contributed by atoms with Crippen molar-refractivity contribution in [2.45, 2.75) is 29.9 Å². The molecule has 1 fully saturated rings. The normalized spacial score (nSPS) is 28.9. The highest BCUT2D eigenvalue weighted by atomic mass is 32.2. The molecule has 1 aromatic rings. The van der Waals surface area contributed by atoms with Crippen molar-refractivity contribution in [3.05, 3.63) is 16.6 Å². The van der Waals surface area contributed by atoms with E-state index in [-0.39, 0.29) is 6.10 Å². The summed E-state index contributed by atoms with van der Waals surface area (Å²) in [5.41, 5.74) is 0. The van der Waals surface area contributed by atoms with Crippen LogP contribution >= 0.6 is 34.9 Å². The standard InChI is InChI=1S/C10H15NOS3/c1-7-10(15-5-4-13-7)8(12)6-9-11-2-3-14-9/h2-3,7-8,10,12H,4-6H2,1H3. The quantitative estimate of drug-likeness (QED) is 0.905. The van der Waals surface area contributed by atoms with Gasteiger partial charge in [0.05, 0.1) is 11.1 Å². The van der Waals surface area contributed by atoms with E-state index in [2.05, 4.69) is 11.9 Å². The van der Waals surface area contributed by atoms with E-state index in [1.165, 1.54) is 5.75 Å². The Kier molecular flexibility index (Phi) is 4.37. The van der Waals surface area contributed by atoms with E-state index < -0.39 is 0 Å². The van der Waals surface area contributed by atoms with Gasteiger partial charge in [0.2, 0.25) is 0 Å². The summed E-state index contributed by atoms with van der Waals surface area (Å²) in [5.74, 6) is 2.38. The van der Waals surface area contributed by atoms with Gasteiger partial charge in [-0.25, -0.2) is 4.98 Å². The lowest BCUT2D eigenvalue weighted by Crippen LogP contribution is -2.35. The summed E-state index contributed by atoms with van der Waals surface area (Å²) < 4.78 is 0. The second-order valence-corrected chi connectivity index (χ2v) is 7.36. The minimum atomic E-state index is -0.246. The van der Waals surface area contributed by atoms with Gasteiger partial charge in [0.25, 0.3) is 0 Å². The van der Waals surface area contributed by atoms with Crippen LogP contribution in [0.1, 0.15) is 11.9 Å². The molecular formula is C10H15NOS3. The topological polar surface area (TPSA) is 33.1 Å². The Hall–Kier alpha value is 0.290. The van der Waals surface area contributed by atoms with Crippen LogP contribution in [0.4, 0.5) is 0 Å². The Morgan fingerprint density at radius 3 is 3.00 bits per heavy atom. The summed E-state index contributed by atoms with van der Waals surface area (Å²) in [6.07, 6.45) is 2.27. The van der Waals surface area contributed by atoms with E-state index >= 15 is 0 Å². The molecule has 1 aliphatic rings. The van der Waals surface area contributed by atoms with Crippen LogP contribution in [0.15, 0.2) is 11.6 Å². The molecule has 0 amide bonds. The Balaban J connectivity index is 1.91. The molecule has 3 unspecified atom stereocenters. The maximum atomic E-state index is 10.1. The summed E-state index contributed by atoms with van der Waals surface area (Å²) >= 11 is 5.51. The molecular weight excluding hydrogens is 246 g/mol. The van der Waals surface area contributed by atoms with Crippen molar-refractivity contribution in [3.63, 3.8) is 0 Å². The average Bonchev–Trinajstić information content (AvgIpc) is 2.71. The van der Waals surface area contributed by atoms with Crippen molar-refractivity contribution >= 4 is 34.9 Å². The fraction of sp³-hybridized carbons (Fsp3) is 0.700. The molecule has 2 heterocycles. The van der Waals surface area contributed by atoms with Crippen LogP contribution in [-0.4, -0.2) is 38.2 Å². The number of thiazole rings is 1. The van der Waals surface area contributed by atoms with Crippen LogP contribution in [-0.2, 0) is 6.42 Å². The van der Waals surface area contributed by atoms with Gasteiger partial charge < -0.3 is 5.11 Å². The van der Waals surface area contributed by atoms with Gasteiger partial charge in [-0.2, -0.15) is 23.5 Å². The van der Waals surface area contributed by atoms with E-state index in [4.69, 9.17) is 0 Å². The molecule has 2 rings (SSSR count). The first-order valence-corrected chi connectivity index (χ1v) is 8.04. The number of nitrogens with zero attached hydrogens (tertiary/aromatic N) is 1. The molecule has 5 heteroatoms. The number of hydrogen-bond acceptors (Lipinski definition) is 5. The number of hydrogen-bond donors (Lipinski definition) is 1. The molecule has 84 valence electrons.